The maximum atomic E-state index is 8.93. The highest BCUT2D eigenvalue weighted by Crippen LogP contribution is 2.23. The summed E-state index contributed by atoms with van der Waals surface area (Å²) in [6, 6.07) is 9.32. The summed E-state index contributed by atoms with van der Waals surface area (Å²) in [6.07, 6.45) is 7.03. The summed E-state index contributed by atoms with van der Waals surface area (Å²) in [7, 11) is 0. The Morgan fingerprint density at radius 3 is 2.62 bits per heavy atom. The summed E-state index contributed by atoms with van der Waals surface area (Å²) < 4.78 is 5.57. The number of hydrogen-bond acceptors (Lipinski definition) is 3. The predicted octanol–water partition coefficient (Wildman–Crippen LogP) is 3.80. The lowest BCUT2D eigenvalue weighted by Gasteiger charge is -2.13. The first-order valence-corrected chi connectivity index (χ1v) is 6.25. The number of anilines is 1. The summed E-state index contributed by atoms with van der Waals surface area (Å²) in [6.45, 7) is 8.78. The highest BCUT2D eigenvalue weighted by atomic mass is 16.5. The largest absolute Gasteiger partial charge is 0.462 e. The zero-order valence-electron chi connectivity index (χ0n) is 11.5. The maximum Gasteiger partial charge on any atom is 0.269 e. The second-order valence-electron chi connectivity index (χ2n) is 4.43. The average molecular weight is 275 g/mol. The summed E-state index contributed by atoms with van der Waals surface area (Å²) in [5, 5.41) is 8.93. The van der Waals surface area contributed by atoms with Crippen LogP contribution in [0, 0.1) is 17.9 Å². The van der Waals surface area contributed by atoms with E-state index >= 15 is 0 Å². The molecule has 0 saturated heterocycles. The SMILES string of the molecule is [C-]#[N+]C(C#N)=C1C=C(C)OC(C=Cc2ccc(N)cc2)=C1. The zero-order valence-corrected chi connectivity index (χ0v) is 11.5. The van der Waals surface area contributed by atoms with E-state index in [1.54, 1.807) is 25.2 Å². The average Bonchev–Trinajstić information content (AvgIpc) is 2.47. The minimum absolute atomic E-state index is 0.0519. The third-order valence-corrected chi connectivity index (χ3v) is 2.80. The molecular weight excluding hydrogens is 262 g/mol. The molecule has 0 bridgehead atoms. The monoisotopic (exact) mass is 275 g/mol. The van der Waals surface area contributed by atoms with Gasteiger partial charge in [-0.2, -0.15) is 0 Å². The first-order valence-electron chi connectivity index (χ1n) is 6.25. The fraction of sp³-hybridized carbons (Fsp3) is 0.0588. The number of rotatable bonds is 2. The van der Waals surface area contributed by atoms with Crippen LogP contribution >= 0.6 is 0 Å². The van der Waals surface area contributed by atoms with Crippen LogP contribution in [0.4, 0.5) is 5.69 Å². The molecule has 4 heteroatoms. The van der Waals surface area contributed by atoms with Crippen molar-refractivity contribution in [1.82, 2.24) is 0 Å². The molecule has 1 aromatic carbocycles. The smallest absolute Gasteiger partial charge is 0.269 e. The predicted molar refractivity (Wildman–Crippen MR) is 82.1 cm³/mol. The number of nitrogens with two attached hydrogens (primary N) is 1. The van der Waals surface area contributed by atoms with Gasteiger partial charge in [-0.25, -0.2) is 10.1 Å². The van der Waals surface area contributed by atoms with Gasteiger partial charge in [0.05, 0.1) is 12.6 Å². The van der Waals surface area contributed by atoms with E-state index in [-0.39, 0.29) is 5.70 Å². The van der Waals surface area contributed by atoms with E-state index in [0.717, 1.165) is 5.56 Å². The van der Waals surface area contributed by atoms with Gasteiger partial charge in [0, 0.05) is 5.69 Å². The van der Waals surface area contributed by atoms with E-state index in [1.165, 1.54) is 0 Å². The topological polar surface area (TPSA) is 63.4 Å². The van der Waals surface area contributed by atoms with Crippen LogP contribution in [0.2, 0.25) is 0 Å². The van der Waals surface area contributed by atoms with Gasteiger partial charge in [0.2, 0.25) is 0 Å². The van der Waals surface area contributed by atoms with E-state index in [0.29, 0.717) is 22.8 Å². The van der Waals surface area contributed by atoms with E-state index in [2.05, 4.69) is 4.85 Å². The van der Waals surface area contributed by atoms with E-state index < -0.39 is 0 Å². The molecule has 4 nitrogen and oxygen atoms in total. The number of nitrogen functional groups attached to an aromatic ring is 1. The molecule has 0 saturated carbocycles. The number of hydrogen-bond donors (Lipinski definition) is 1. The third-order valence-electron chi connectivity index (χ3n) is 2.80. The lowest BCUT2D eigenvalue weighted by Crippen LogP contribution is -1.96. The standard InChI is InChI=1S/C17H13N3O/c1-12-9-14(17(11-18)20-2)10-16(21-12)8-5-13-3-6-15(19)7-4-13/h3-10H,19H2,1H3. The Morgan fingerprint density at radius 2 is 2.00 bits per heavy atom. The van der Waals surface area contributed by atoms with Crippen molar-refractivity contribution in [2.45, 2.75) is 6.92 Å². The van der Waals surface area contributed by atoms with Crippen LogP contribution in [0.15, 0.2) is 65.3 Å². The van der Waals surface area contributed by atoms with Gasteiger partial charge in [0.15, 0.2) is 0 Å². The van der Waals surface area contributed by atoms with Gasteiger partial charge >= 0.3 is 0 Å². The molecule has 102 valence electrons. The summed E-state index contributed by atoms with van der Waals surface area (Å²) >= 11 is 0. The van der Waals surface area contributed by atoms with E-state index in [4.69, 9.17) is 22.3 Å². The second-order valence-corrected chi connectivity index (χ2v) is 4.43. The molecule has 2 rings (SSSR count). The van der Waals surface area contributed by atoms with Crippen LogP contribution in [0.1, 0.15) is 12.5 Å². The molecule has 0 atom stereocenters. The molecule has 0 unspecified atom stereocenters. The normalized spacial score (nSPS) is 16.3. The molecule has 0 aromatic heterocycles. The fourth-order valence-electron chi connectivity index (χ4n) is 1.82. The van der Waals surface area contributed by atoms with Gasteiger partial charge in [-0.15, -0.1) is 0 Å². The van der Waals surface area contributed by atoms with Gasteiger partial charge in [0.25, 0.3) is 5.70 Å². The molecule has 1 aromatic rings. The van der Waals surface area contributed by atoms with Crippen LogP contribution in [0.5, 0.6) is 0 Å². The Bertz CT molecular complexity index is 735. The van der Waals surface area contributed by atoms with Crippen molar-refractivity contribution in [3.05, 3.63) is 82.3 Å². The molecule has 0 aliphatic carbocycles. The quantitative estimate of drug-likeness (QED) is 0.507. The molecule has 0 radical (unpaired) electrons. The molecule has 0 fully saturated rings. The number of ether oxygens (including phenoxy) is 1. The van der Waals surface area contributed by atoms with Gasteiger partial charge in [-0.3, -0.25) is 0 Å². The van der Waals surface area contributed by atoms with Crippen LogP contribution in [-0.4, -0.2) is 0 Å². The van der Waals surface area contributed by atoms with Crippen LogP contribution in [-0.2, 0) is 4.74 Å². The number of nitriles is 1. The Balaban J connectivity index is 2.29. The van der Waals surface area contributed by atoms with Crippen molar-refractivity contribution >= 4 is 11.8 Å². The zero-order chi connectivity index (χ0) is 15.2. The fourth-order valence-corrected chi connectivity index (χ4v) is 1.82. The first-order chi connectivity index (χ1) is 10.1. The van der Waals surface area contributed by atoms with Crippen LogP contribution in [0.3, 0.4) is 0 Å². The van der Waals surface area contributed by atoms with Crippen molar-refractivity contribution in [2.75, 3.05) is 5.73 Å². The molecule has 1 aliphatic heterocycles. The minimum atomic E-state index is 0.0519. The molecule has 0 spiro atoms. The maximum absolute atomic E-state index is 8.93. The van der Waals surface area contributed by atoms with Crippen molar-refractivity contribution in [1.29, 1.82) is 5.26 Å². The van der Waals surface area contributed by atoms with E-state index in [1.807, 2.05) is 36.4 Å². The Kier molecular flexibility index (Phi) is 4.23. The molecule has 1 heterocycles. The van der Waals surface area contributed by atoms with Crippen LogP contribution < -0.4 is 5.73 Å². The summed E-state index contributed by atoms with van der Waals surface area (Å²) in [5.74, 6) is 1.22. The molecular formula is C17H13N3O. The molecule has 0 amide bonds. The molecule has 21 heavy (non-hydrogen) atoms. The second kappa shape index (κ2) is 6.27. The lowest BCUT2D eigenvalue weighted by molar-refractivity contribution is 0.318. The Morgan fingerprint density at radius 1 is 1.29 bits per heavy atom. The van der Waals surface area contributed by atoms with Gasteiger partial charge in [-0.1, -0.05) is 18.2 Å². The highest BCUT2D eigenvalue weighted by molar-refractivity contribution is 5.57. The molecule has 2 N–H and O–H groups in total. The van der Waals surface area contributed by atoms with Crippen LogP contribution in [0.25, 0.3) is 10.9 Å². The first kappa shape index (κ1) is 14.2. The van der Waals surface area contributed by atoms with E-state index in [9.17, 15) is 0 Å². The minimum Gasteiger partial charge on any atom is -0.462 e. The van der Waals surface area contributed by atoms with Crippen molar-refractivity contribution in [3.63, 3.8) is 0 Å². The van der Waals surface area contributed by atoms with Gasteiger partial charge < -0.3 is 10.5 Å². The van der Waals surface area contributed by atoms with Gasteiger partial charge in [-0.05, 0) is 48.4 Å². The summed E-state index contributed by atoms with van der Waals surface area (Å²) in [4.78, 5) is 3.21. The lowest BCUT2D eigenvalue weighted by atomic mass is 10.1. The van der Waals surface area contributed by atoms with Crippen molar-refractivity contribution in [2.24, 2.45) is 0 Å². The molecule has 1 aliphatic rings. The highest BCUT2D eigenvalue weighted by Gasteiger charge is 2.10. The number of allylic oxidation sites excluding steroid dienone is 6. The Labute approximate surface area is 123 Å². The van der Waals surface area contributed by atoms with Crippen molar-refractivity contribution < 1.29 is 4.74 Å². The van der Waals surface area contributed by atoms with Gasteiger partial charge in [0.1, 0.15) is 11.5 Å². The Hall–Kier alpha value is -3.24. The summed E-state index contributed by atoms with van der Waals surface area (Å²) in [5.41, 5.74) is 7.94. The third kappa shape index (κ3) is 3.62. The number of nitrogens with zero attached hydrogens (tertiary/aromatic N) is 2. The number of benzene rings is 1. The van der Waals surface area contributed by atoms with Crippen molar-refractivity contribution in [3.8, 4) is 6.07 Å².